The number of rotatable bonds is 5. The first-order valence-electron chi connectivity index (χ1n) is 8.71. The highest BCUT2D eigenvalue weighted by molar-refractivity contribution is 8.26. The molecule has 2 heterocycles. The van der Waals surface area contributed by atoms with E-state index in [1.54, 1.807) is 37.3 Å². The van der Waals surface area contributed by atoms with Crippen LogP contribution < -0.4 is 0 Å². The van der Waals surface area contributed by atoms with Crippen LogP contribution in [-0.4, -0.2) is 65.0 Å². The zero-order valence-electron chi connectivity index (χ0n) is 15.1. The first-order valence-corrected chi connectivity index (χ1v) is 12.1. The third kappa shape index (κ3) is 4.76. The van der Waals surface area contributed by atoms with Gasteiger partial charge in [-0.05, 0) is 37.1 Å². The Morgan fingerprint density at radius 1 is 1.39 bits per heavy atom. The van der Waals surface area contributed by atoms with Crippen LogP contribution in [0.2, 0.25) is 5.02 Å². The first-order chi connectivity index (χ1) is 13.2. The van der Waals surface area contributed by atoms with E-state index in [-0.39, 0.29) is 35.9 Å². The molecule has 6 nitrogen and oxygen atoms in total. The molecule has 2 saturated heterocycles. The van der Waals surface area contributed by atoms with E-state index in [1.165, 1.54) is 9.80 Å². The molecule has 0 aliphatic carbocycles. The second kappa shape index (κ2) is 8.52. The summed E-state index contributed by atoms with van der Waals surface area (Å²) in [7, 11) is -3.10. The molecule has 2 aliphatic heterocycles. The van der Waals surface area contributed by atoms with E-state index in [9.17, 15) is 18.0 Å². The predicted octanol–water partition coefficient (Wildman–Crippen LogP) is 2.58. The molecule has 1 atom stereocenters. The van der Waals surface area contributed by atoms with Crippen molar-refractivity contribution in [1.82, 2.24) is 9.80 Å². The zero-order chi connectivity index (χ0) is 20.5. The molecule has 28 heavy (non-hydrogen) atoms. The van der Waals surface area contributed by atoms with Crippen molar-refractivity contribution in [3.8, 4) is 0 Å². The molecular formula is C18H19ClN2O4S3. The van der Waals surface area contributed by atoms with Gasteiger partial charge >= 0.3 is 0 Å². The zero-order valence-corrected chi connectivity index (χ0v) is 18.3. The molecule has 0 radical (unpaired) electrons. The molecular weight excluding hydrogens is 440 g/mol. The minimum atomic E-state index is -3.10. The van der Waals surface area contributed by atoms with Gasteiger partial charge in [-0.2, -0.15) is 0 Å². The SMILES string of the molecule is CCN(C(=O)CN1C(=O)/C(=C/c2ccc(Cl)cc2)SC1=S)C1CCS(=O)(=O)C1. The number of nitrogens with zero attached hydrogens (tertiary/aromatic N) is 2. The molecule has 2 fully saturated rings. The summed E-state index contributed by atoms with van der Waals surface area (Å²) >= 11 is 12.3. The summed E-state index contributed by atoms with van der Waals surface area (Å²) in [6.07, 6.45) is 2.14. The Labute approximate surface area is 178 Å². The number of amides is 2. The fourth-order valence-electron chi connectivity index (χ4n) is 3.23. The predicted molar refractivity (Wildman–Crippen MR) is 116 cm³/mol. The van der Waals surface area contributed by atoms with Crippen molar-refractivity contribution < 1.29 is 18.0 Å². The number of benzene rings is 1. The standard InChI is InChI=1S/C18H19ClN2O4S3/c1-2-20(14-7-8-28(24,25)11-14)16(22)10-21-17(23)15(27-18(21)26)9-12-3-5-13(19)6-4-12/h3-6,9,14H,2,7-8,10-11H2,1H3/b15-9-. The highest BCUT2D eigenvalue weighted by atomic mass is 35.5. The van der Waals surface area contributed by atoms with E-state index < -0.39 is 9.84 Å². The van der Waals surface area contributed by atoms with Gasteiger partial charge in [-0.1, -0.05) is 47.7 Å². The molecule has 2 amide bonds. The van der Waals surface area contributed by atoms with Crippen LogP contribution in [0.25, 0.3) is 6.08 Å². The van der Waals surface area contributed by atoms with Crippen LogP contribution in [0.1, 0.15) is 18.9 Å². The van der Waals surface area contributed by atoms with E-state index >= 15 is 0 Å². The van der Waals surface area contributed by atoms with Crippen LogP contribution >= 0.6 is 35.6 Å². The molecule has 2 aliphatic rings. The molecule has 10 heteroatoms. The maximum atomic E-state index is 12.8. The summed E-state index contributed by atoms with van der Waals surface area (Å²) in [5, 5.41) is 0.601. The van der Waals surface area contributed by atoms with Crippen molar-refractivity contribution >= 4 is 67.6 Å². The lowest BCUT2D eigenvalue weighted by atomic mass is 10.2. The fourth-order valence-corrected chi connectivity index (χ4v) is 6.34. The van der Waals surface area contributed by atoms with E-state index in [4.69, 9.17) is 23.8 Å². The maximum absolute atomic E-state index is 12.8. The summed E-state index contributed by atoms with van der Waals surface area (Å²) in [6, 6.07) is 6.70. The number of hydrogen-bond acceptors (Lipinski definition) is 6. The van der Waals surface area contributed by atoms with Gasteiger partial charge in [-0.3, -0.25) is 14.5 Å². The average Bonchev–Trinajstić information content (AvgIpc) is 3.11. The van der Waals surface area contributed by atoms with Gasteiger partial charge in [0.15, 0.2) is 9.84 Å². The second-order valence-corrected chi connectivity index (χ2v) is 10.9. The Hall–Kier alpha value is -1.42. The van der Waals surface area contributed by atoms with Gasteiger partial charge in [0.05, 0.1) is 16.4 Å². The molecule has 1 aromatic rings. The largest absolute Gasteiger partial charge is 0.337 e. The topological polar surface area (TPSA) is 74.8 Å². The molecule has 0 bridgehead atoms. The summed E-state index contributed by atoms with van der Waals surface area (Å²) < 4.78 is 23.8. The monoisotopic (exact) mass is 458 g/mol. The number of carbonyl (C=O) groups is 2. The van der Waals surface area contributed by atoms with Crippen molar-refractivity contribution in [3.63, 3.8) is 0 Å². The van der Waals surface area contributed by atoms with E-state index in [2.05, 4.69) is 0 Å². The number of thiocarbonyl (C=S) groups is 1. The molecule has 0 N–H and O–H groups in total. The van der Waals surface area contributed by atoms with Gasteiger partial charge in [-0.25, -0.2) is 8.42 Å². The number of likely N-dealkylation sites (N-methyl/N-ethyl adjacent to an activating group) is 1. The first kappa shape index (κ1) is 21.3. The number of halogens is 1. The summed E-state index contributed by atoms with van der Waals surface area (Å²) in [6.45, 7) is 2.00. The highest BCUT2D eigenvalue weighted by Crippen LogP contribution is 2.33. The Morgan fingerprint density at radius 2 is 2.07 bits per heavy atom. The lowest BCUT2D eigenvalue weighted by Gasteiger charge is -2.28. The van der Waals surface area contributed by atoms with Gasteiger partial charge < -0.3 is 4.90 Å². The van der Waals surface area contributed by atoms with Gasteiger partial charge in [0.25, 0.3) is 5.91 Å². The van der Waals surface area contributed by atoms with Crippen molar-refractivity contribution in [2.75, 3.05) is 24.6 Å². The fraction of sp³-hybridized carbons (Fsp3) is 0.389. The van der Waals surface area contributed by atoms with E-state index in [1.807, 2.05) is 0 Å². The van der Waals surface area contributed by atoms with Crippen LogP contribution in [0, 0.1) is 0 Å². The Morgan fingerprint density at radius 3 is 2.64 bits per heavy atom. The quantitative estimate of drug-likeness (QED) is 0.498. The lowest BCUT2D eigenvalue weighted by molar-refractivity contribution is -0.136. The smallest absolute Gasteiger partial charge is 0.266 e. The Kier molecular flexibility index (Phi) is 6.48. The summed E-state index contributed by atoms with van der Waals surface area (Å²) in [5.74, 6) is -0.560. The van der Waals surface area contributed by atoms with Crippen molar-refractivity contribution in [2.24, 2.45) is 0 Å². The number of sulfone groups is 1. The average molecular weight is 459 g/mol. The normalized spacial score (nSPS) is 22.9. The van der Waals surface area contributed by atoms with Gasteiger partial charge in [0.2, 0.25) is 5.91 Å². The summed E-state index contributed by atoms with van der Waals surface area (Å²) in [4.78, 5) is 28.7. The van der Waals surface area contributed by atoms with Crippen molar-refractivity contribution in [2.45, 2.75) is 19.4 Å². The van der Waals surface area contributed by atoms with Gasteiger partial charge in [-0.15, -0.1) is 0 Å². The highest BCUT2D eigenvalue weighted by Gasteiger charge is 2.38. The Balaban J connectivity index is 1.71. The van der Waals surface area contributed by atoms with Crippen LogP contribution in [0.3, 0.4) is 0 Å². The minimum absolute atomic E-state index is 0.0263. The lowest BCUT2D eigenvalue weighted by Crippen LogP contribution is -2.47. The van der Waals surface area contributed by atoms with Gasteiger partial charge in [0, 0.05) is 17.6 Å². The van der Waals surface area contributed by atoms with Crippen LogP contribution in [-0.2, 0) is 19.4 Å². The molecule has 0 saturated carbocycles. The number of thioether (sulfide) groups is 1. The van der Waals surface area contributed by atoms with E-state index in [0.717, 1.165) is 17.3 Å². The van der Waals surface area contributed by atoms with Crippen molar-refractivity contribution in [1.29, 1.82) is 0 Å². The maximum Gasteiger partial charge on any atom is 0.266 e. The third-order valence-electron chi connectivity index (χ3n) is 4.64. The summed E-state index contributed by atoms with van der Waals surface area (Å²) in [5.41, 5.74) is 0.808. The van der Waals surface area contributed by atoms with Crippen molar-refractivity contribution in [3.05, 3.63) is 39.8 Å². The number of carbonyl (C=O) groups excluding carboxylic acids is 2. The molecule has 150 valence electrons. The second-order valence-electron chi connectivity index (χ2n) is 6.56. The van der Waals surface area contributed by atoms with Crippen LogP contribution in [0.4, 0.5) is 0 Å². The van der Waals surface area contributed by atoms with E-state index in [0.29, 0.717) is 27.2 Å². The number of hydrogen-bond donors (Lipinski definition) is 0. The van der Waals surface area contributed by atoms with Crippen LogP contribution in [0.5, 0.6) is 0 Å². The molecule has 0 aromatic heterocycles. The molecule has 0 spiro atoms. The van der Waals surface area contributed by atoms with Crippen LogP contribution in [0.15, 0.2) is 29.2 Å². The third-order valence-corrected chi connectivity index (χ3v) is 8.03. The molecule has 1 unspecified atom stereocenters. The minimum Gasteiger partial charge on any atom is -0.337 e. The Bertz CT molecular complexity index is 944. The molecule has 1 aromatic carbocycles. The molecule has 3 rings (SSSR count). The van der Waals surface area contributed by atoms with Gasteiger partial charge in [0.1, 0.15) is 10.9 Å².